The van der Waals surface area contributed by atoms with Crippen LogP contribution in [0, 0.1) is 13.7 Å². The van der Waals surface area contributed by atoms with Gasteiger partial charge in [0.15, 0.2) is 0 Å². The minimum atomic E-state index is -0.477. The molecule has 0 fully saturated rings. The highest BCUT2D eigenvalue weighted by atomic mass is 127. The van der Waals surface area contributed by atoms with E-state index < -0.39 is 4.92 Å². The molecule has 0 spiro atoms. The normalized spacial score (nSPS) is 10.6. The molecule has 0 aliphatic heterocycles. The number of carbonyl (C=O) groups excluding carboxylic acids is 2. The van der Waals surface area contributed by atoms with Crippen molar-refractivity contribution in [2.24, 2.45) is 5.10 Å². The number of hydrazone groups is 1. The maximum absolute atomic E-state index is 11.8. The Morgan fingerprint density at radius 1 is 1.15 bits per heavy atom. The number of nitro groups is 1. The number of amides is 2. The van der Waals surface area contributed by atoms with E-state index in [0.29, 0.717) is 14.8 Å². The zero-order valence-electron chi connectivity index (χ0n) is 13.9. The van der Waals surface area contributed by atoms with Crippen LogP contribution in [-0.2, 0) is 9.59 Å². The number of carbonyl (C=O) groups is 2. The SMILES string of the molecule is O=C(CSCC(=O)Nc1ccccc1)NN=Cc1ccc(I)c([N+](=O)[O-])c1. The van der Waals surface area contributed by atoms with E-state index in [9.17, 15) is 19.7 Å². The number of nitro benzene ring substituents is 1. The van der Waals surface area contributed by atoms with Gasteiger partial charge in [0.1, 0.15) is 0 Å². The van der Waals surface area contributed by atoms with E-state index in [1.54, 1.807) is 24.3 Å². The summed E-state index contributed by atoms with van der Waals surface area (Å²) in [4.78, 5) is 33.9. The first-order valence-electron chi connectivity index (χ1n) is 7.64. The van der Waals surface area contributed by atoms with Gasteiger partial charge in [-0.2, -0.15) is 5.10 Å². The summed E-state index contributed by atoms with van der Waals surface area (Å²) in [6.45, 7) is 0. The molecule has 2 aromatic rings. The maximum atomic E-state index is 11.8. The largest absolute Gasteiger partial charge is 0.325 e. The Hall–Kier alpha value is -2.47. The van der Waals surface area contributed by atoms with Gasteiger partial charge in [0.05, 0.1) is 26.2 Å². The van der Waals surface area contributed by atoms with Gasteiger partial charge in [0.2, 0.25) is 11.8 Å². The van der Waals surface area contributed by atoms with Crippen LogP contribution in [0.2, 0.25) is 0 Å². The van der Waals surface area contributed by atoms with Crippen LogP contribution in [-0.4, -0.2) is 34.5 Å². The number of benzene rings is 2. The molecule has 2 amide bonds. The van der Waals surface area contributed by atoms with Gasteiger partial charge in [0.25, 0.3) is 5.69 Å². The van der Waals surface area contributed by atoms with Gasteiger partial charge < -0.3 is 5.32 Å². The Morgan fingerprint density at radius 3 is 2.56 bits per heavy atom. The number of hydrogen-bond acceptors (Lipinski definition) is 6. The summed E-state index contributed by atoms with van der Waals surface area (Å²) >= 11 is 3.03. The molecule has 0 aromatic heterocycles. The minimum absolute atomic E-state index is 0.0224. The second kappa shape index (κ2) is 10.6. The first kappa shape index (κ1) is 20.8. The van der Waals surface area contributed by atoms with Crippen LogP contribution >= 0.6 is 34.4 Å². The molecule has 0 bridgehead atoms. The smallest absolute Gasteiger partial charge is 0.283 e. The molecule has 0 saturated heterocycles. The summed E-state index contributed by atoms with van der Waals surface area (Å²) in [5.74, 6) is -0.376. The maximum Gasteiger partial charge on any atom is 0.283 e. The van der Waals surface area contributed by atoms with E-state index in [0.717, 1.165) is 11.8 Å². The van der Waals surface area contributed by atoms with Crippen LogP contribution in [0.25, 0.3) is 0 Å². The average Bonchev–Trinajstić information content (AvgIpc) is 2.63. The van der Waals surface area contributed by atoms with Crippen LogP contribution in [0.3, 0.4) is 0 Å². The number of para-hydroxylation sites is 1. The summed E-state index contributed by atoms with van der Waals surface area (Å²) in [5, 5.41) is 17.4. The van der Waals surface area contributed by atoms with Crippen molar-refractivity contribution in [1.82, 2.24) is 5.43 Å². The Balaban J connectivity index is 1.73. The second-order valence-corrected chi connectivity index (χ2v) is 7.32. The third-order valence-corrected chi connectivity index (χ3v) is 4.94. The Labute approximate surface area is 173 Å². The fourth-order valence-electron chi connectivity index (χ4n) is 1.92. The topological polar surface area (TPSA) is 114 Å². The molecule has 0 unspecified atom stereocenters. The fraction of sp³-hybridized carbons (Fsp3) is 0.118. The van der Waals surface area contributed by atoms with Crippen LogP contribution in [0.5, 0.6) is 0 Å². The zero-order valence-corrected chi connectivity index (χ0v) is 16.9. The van der Waals surface area contributed by atoms with Crippen molar-refractivity contribution < 1.29 is 14.5 Å². The Bertz CT molecular complexity index is 861. The molecule has 0 aliphatic rings. The van der Waals surface area contributed by atoms with Gasteiger partial charge >= 0.3 is 0 Å². The van der Waals surface area contributed by atoms with Gasteiger partial charge in [-0.25, -0.2) is 5.43 Å². The molecule has 10 heteroatoms. The Kier molecular flexibility index (Phi) is 8.20. The van der Waals surface area contributed by atoms with Crippen molar-refractivity contribution in [2.75, 3.05) is 16.8 Å². The van der Waals surface area contributed by atoms with E-state index in [4.69, 9.17) is 0 Å². The number of thioether (sulfide) groups is 1. The third-order valence-electron chi connectivity index (χ3n) is 3.09. The minimum Gasteiger partial charge on any atom is -0.325 e. The lowest BCUT2D eigenvalue weighted by Gasteiger charge is -2.04. The fourth-order valence-corrected chi connectivity index (χ4v) is 3.06. The highest BCUT2D eigenvalue weighted by Crippen LogP contribution is 2.21. The summed E-state index contributed by atoms with van der Waals surface area (Å²) in [6.07, 6.45) is 1.33. The van der Waals surface area contributed by atoms with Gasteiger partial charge in [0, 0.05) is 17.3 Å². The lowest BCUT2D eigenvalue weighted by atomic mass is 10.2. The standard InChI is InChI=1S/C17H15IN4O4S/c18-14-7-6-12(8-15(14)22(25)26)9-19-21-17(24)11-27-10-16(23)20-13-4-2-1-3-5-13/h1-9H,10-11H2,(H,20,23)(H,21,24). The van der Waals surface area contributed by atoms with E-state index in [1.807, 2.05) is 40.8 Å². The molecule has 0 heterocycles. The highest BCUT2D eigenvalue weighted by Gasteiger charge is 2.11. The van der Waals surface area contributed by atoms with E-state index in [1.165, 1.54) is 12.3 Å². The van der Waals surface area contributed by atoms with Crippen LogP contribution in [0.15, 0.2) is 53.6 Å². The molecular formula is C17H15IN4O4S. The van der Waals surface area contributed by atoms with Gasteiger partial charge in [-0.15, -0.1) is 11.8 Å². The lowest BCUT2D eigenvalue weighted by Crippen LogP contribution is -2.21. The zero-order chi connectivity index (χ0) is 19.6. The van der Waals surface area contributed by atoms with E-state index in [-0.39, 0.29) is 29.0 Å². The molecule has 140 valence electrons. The molecular weight excluding hydrogens is 483 g/mol. The molecule has 2 rings (SSSR count). The molecule has 0 aliphatic carbocycles. The number of halogens is 1. The summed E-state index contributed by atoms with van der Waals surface area (Å²) in [5.41, 5.74) is 3.50. The molecule has 0 saturated carbocycles. The summed E-state index contributed by atoms with van der Waals surface area (Å²) < 4.78 is 0.518. The quantitative estimate of drug-likeness (QED) is 0.252. The first-order chi connectivity index (χ1) is 13.0. The number of rotatable bonds is 8. The van der Waals surface area contributed by atoms with Gasteiger partial charge in [-0.3, -0.25) is 19.7 Å². The predicted octanol–water partition coefficient (Wildman–Crippen LogP) is 3.02. The van der Waals surface area contributed by atoms with Gasteiger partial charge in [-0.1, -0.05) is 24.3 Å². The number of nitrogens with one attached hydrogen (secondary N) is 2. The molecule has 8 nitrogen and oxygen atoms in total. The number of anilines is 1. The van der Waals surface area contributed by atoms with Gasteiger partial charge in [-0.05, 0) is 40.8 Å². The van der Waals surface area contributed by atoms with E-state index in [2.05, 4.69) is 15.8 Å². The number of hydrogen-bond donors (Lipinski definition) is 2. The highest BCUT2D eigenvalue weighted by molar-refractivity contribution is 14.1. The monoisotopic (exact) mass is 498 g/mol. The molecule has 2 aromatic carbocycles. The lowest BCUT2D eigenvalue weighted by molar-refractivity contribution is -0.385. The molecule has 0 radical (unpaired) electrons. The summed E-state index contributed by atoms with van der Waals surface area (Å²) in [7, 11) is 0. The van der Waals surface area contributed by atoms with Crippen molar-refractivity contribution >= 4 is 63.8 Å². The molecule has 27 heavy (non-hydrogen) atoms. The third kappa shape index (κ3) is 7.35. The van der Waals surface area contributed by atoms with Crippen molar-refractivity contribution in [2.45, 2.75) is 0 Å². The second-order valence-electron chi connectivity index (χ2n) is 5.17. The molecule has 0 atom stereocenters. The first-order valence-corrected chi connectivity index (χ1v) is 9.87. The predicted molar refractivity (Wildman–Crippen MR) is 114 cm³/mol. The van der Waals surface area contributed by atoms with Crippen LogP contribution in [0.4, 0.5) is 11.4 Å². The van der Waals surface area contributed by atoms with Crippen molar-refractivity contribution in [3.63, 3.8) is 0 Å². The Morgan fingerprint density at radius 2 is 1.85 bits per heavy atom. The van der Waals surface area contributed by atoms with Crippen molar-refractivity contribution in [3.8, 4) is 0 Å². The van der Waals surface area contributed by atoms with Crippen molar-refractivity contribution in [3.05, 3.63) is 67.8 Å². The van der Waals surface area contributed by atoms with E-state index >= 15 is 0 Å². The summed E-state index contributed by atoms with van der Waals surface area (Å²) in [6, 6.07) is 13.7. The number of nitrogens with zero attached hydrogens (tertiary/aromatic N) is 2. The molecule has 2 N–H and O–H groups in total. The van der Waals surface area contributed by atoms with Crippen molar-refractivity contribution in [1.29, 1.82) is 0 Å². The average molecular weight is 498 g/mol. The van der Waals surface area contributed by atoms with Crippen LogP contribution in [0.1, 0.15) is 5.56 Å². The van der Waals surface area contributed by atoms with Crippen LogP contribution < -0.4 is 10.7 Å².